The van der Waals surface area contributed by atoms with Gasteiger partial charge in [0.15, 0.2) is 11.5 Å². The maximum Gasteiger partial charge on any atom is 0.164 e. The minimum atomic E-state index is -0.0376. The van der Waals surface area contributed by atoms with Crippen LogP contribution >= 0.6 is 0 Å². The summed E-state index contributed by atoms with van der Waals surface area (Å²) in [4.78, 5) is 6.82. The average molecular weight is 347 g/mol. The standard InChI is InChI=1S/C19H29N3O3/c1-19(2,3)22(13-18-20-8-9-21(18)4)12-14-10-16(24-6)17(25-7)11-15(14)23-5/h8-11H,12-13H2,1-7H3. The lowest BCUT2D eigenvalue weighted by Crippen LogP contribution is -2.40. The van der Waals surface area contributed by atoms with Gasteiger partial charge in [-0.15, -0.1) is 0 Å². The Labute approximate surface area is 150 Å². The van der Waals surface area contributed by atoms with Crippen LogP contribution in [0, 0.1) is 0 Å². The Hall–Kier alpha value is -2.21. The number of hydrogen-bond acceptors (Lipinski definition) is 5. The van der Waals surface area contributed by atoms with Crippen LogP contribution in [0.1, 0.15) is 32.2 Å². The van der Waals surface area contributed by atoms with Gasteiger partial charge >= 0.3 is 0 Å². The van der Waals surface area contributed by atoms with Crippen molar-refractivity contribution in [2.75, 3.05) is 21.3 Å². The smallest absolute Gasteiger partial charge is 0.164 e. The van der Waals surface area contributed by atoms with Crippen LogP contribution in [0.2, 0.25) is 0 Å². The highest BCUT2D eigenvalue weighted by Gasteiger charge is 2.25. The molecule has 0 aliphatic carbocycles. The first kappa shape index (κ1) is 19.1. The molecule has 0 saturated carbocycles. The van der Waals surface area contributed by atoms with Crippen LogP contribution in [0.25, 0.3) is 0 Å². The van der Waals surface area contributed by atoms with Crippen LogP contribution in [0.5, 0.6) is 17.2 Å². The lowest BCUT2D eigenvalue weighted by Gasteiger charge is -2.35. The van der Waals surface area contributed by atoms with Crippen molar-refractivity contribution >= 4 is 0 Å². The molecular formula is C19H29N3O3. The van der Waals surface area contributed by atoms with E-state index in [2.05, 4.69) is 30.7 Å². The molecule has 1 aromatic heterocycles. The molecule has 0 aliphatic rings. The number of aryl methyl sites for hydroxylation is 1. The van der Waals surface area contributed by atoms with E-state index in [-0.39, 0.29) is 5.54 Å². The molecule has 0 fully saturated rings. The molecule has 138 valence electrons. The fraction of sp³-hybridized carbons (Fsp3) is 0.526. The minimum absolute atomic E-state index is 0.0376. The zero-order valence-corrected chi connectivity index (χ0v) is 16.3. The normalized spacial score (nSPS) is 11.7. The van der Waals surface area contributed by atoms with E-state index in [1.54, 1.807) is 21.3 Å². The number of imidazole rings is 1. The Morgan fingerprint density at radius 1 is 0.960 bits per heavy atom. The summed E-state index contributed by atoms with van der Waals surface area (Å²) in [6.07, 6.45) is 3.79. The molecule has 6 heteroatoms. The Kier molecular flexibility index (Phi) is 5.95. The molecule has 6 nitrogen and oxygen atoms in total. The predicted molar refractivity (Wildman–Crippen MR) is 98.3 cm³/mol. The zero-order valence-electron chi connectivity index (χ0n) is 16.3. The van der Waals surface area contributed by atoms with E-state index in [9.17, 15) is 0 Å². The Morgan fingerprint density at radius 3 is 2.04 bits per heavy atom. The molecule has 25 heavy (non-hydrogen) atoms. The third-order valence-electron chi connectivity index (χ3n) is 4.35. The topological polar surface area (TPSA) is 48.8 Å². The van der Waals surface area contributed by atoms with E-state index in [0.29, 0.717) is 18.0 Å². The number of methoxy groups -OCH3 is 3. The molecule has 0 unspecified atom stereocenters. The highest BCUT2D eigenvalue weighted by molar-refractivity contribution is 5.50. The zero-order chi connectivity index (χ0) is 18.6. The number of ether oxygens (including phenoxy) is 3. The van der Waals surface area contributed by atoms with Crippen molar-refractivity contribution in [2.24, 2.45) is 7.05 Å². The molecule has 2 rings (SSSR count). The highest BCUT2D eigenvalue weighted by Crippen LogP contribution is 2.36. The molecule has 0 aliphatic heterocycles. The van der Waals surface area contributed by atoms with E-state index in [0.717, 1.165) is 23.7 Å². The first-order valence-corrected chi connectivity index (χ1v) is 8.30. The molecular weight excluding hydrogens is 318 g/mol. The van der Waals surface area contributed by atoms with Gasteiger partial charge in [0, 0.05) is 43.2 Å². The average Bonchev–Trinajstić information content (AvgIpc) is 2.97. The van der Waals surface area contributed by atoms with E-state index < -0.39 is 0 Å². The summed E-state index contributed by atoms with van der Waals surface area (Å²) in [5.74, 6) is 3.17. The van der Waals surface area contributed by atoms with Crippen LogP contribution in [-0.4, -0.2) is 41.3 Å². The van der Waals surface area contributed by atoms with Crippen LogP contribution in [0.3, 0.4) is 0 Å². The van der Waals surface area contributed by atoms with Crippen LogP contribution in [0.4, 0.5) is 0 Å². The minimum Gasteiger partial charge on any atom is -0.496 e. The second-order valence-electron chi connectivity index (χ2n) is 7.00. The van der Waals surface area contributed by atoms with Crippen molar-refractivity contribution in [3.05, 3.63) is 35.9 Å². The lowest BCUT2D eigenvalue weighted by molar-refractivity contribution is 0.112. The number of nitrogens with zero attached hydrogens (tertiary/aromatic N) is 3. The molecule has 1 aromatic carbocycles. The quantitative estimate of drug-likeness (QED) is 0.769. The van der Waals surface area contributed by atoms with E-state index in [1.807, 2.05) is 36.1 Å². The fourth-order valence-corrected chi connectivity index (χ4v) is 2.67. The van der Waals surface area contributed by atoms with Gasteiger partial charge < -0.3 is 18.8 Å². The molecule has 0 N–H and O–H groups in total. The Balaban J connectivity index is 2.36. The second kappa shape index (κ2) is 7.78. The molecule has 2 aromatic rings. The summed E-state index contributed by atoms with van der Waals surface area (Å²) in [5, 5.41) is 0. The molecule has 0 atom stereocenters. The summed E-state index contributed by atoms with van der Waals surface area (Å²) in [6, 6.07) is 3.85. The largest absolute Gasteiger partial charge is 0.496 e. The monoisotopic (exact) mass is 347 g/mol. The van der Waals surface area contributed by atoms with Gasteiger partial charge in [-0.2, -0.15) is 0 Å². The fourth-order valence-electron chi connectivity index (χ4n) is 2.67. The van der Waals surface area contributed by atoms with Gasteiger partial charge in [0.05, 0.1) is 27.9 Å². The predicted octanol–water partition coefficient (Wildman–Crippen LogP) is 3.25. The lowest BCUT2D eigenvalue weighted by atomic mass is 10.0. The summed E-state index contributed by atoms with van der Waals surface area (Å²) in [6.45, 7) is 8.04. The van der Waals surface area contributed by atoms with Gasteiger partial charge in [0.2, 0.25) is 0 Å². The van der Waals surface area contributed by atoms with Gasteiger partial charge in [0.25, 0.3) is 0 Å². The van der Waals surface area contributed by atoms with Crippen molar-refractivity contribution in [2.45, 2.75) is 39.4 Å². The first-order valence-electron chi connectivity index (χ1n) is 8.30. The maximum atomic E-state index is 5.58. The van der Waals surface area contributed by atoms with Crippen molar-refractivity contribution in [1.29, 1.82) is 0 Å². The summed E-state index contributed by atoms with van der Waals surface area (Å²) in [5.41, 5.74) is 1.01. The van der Waals surface area contributed by atoms with Crippen LogP contribution < -0.4 is 14.2 Å². The van der Waals surface area contributed by atoms with Crippen molar-refractivity contribution in [1.82, 2.24) is 14.5 Å². The SMILES string of the molecule is COc1cc(OC)c(OC)cc1CN(Cc1nccn1C)C(C)(C)C. The van der Waals surface area contributed by atoms with Crippen molar-refractivity contribution in [3.8, 4) is 17.2 Å². The van der Waals surface area contributed by atoms with Crippen molar-refractivity contribution in [3.63, 3.8) is 0 Å². The molecule has 0 radical (unpaired) electrons. The second-order valence-corrected chi connectivity index (χ2v) is 7.00. The number of rotatable bonds is 7. The first-order chi connectivity index (χ1) is 11.8. The third kappa shape index (κ3) is 4.45. The van der Waals surface area contributed by atoms with E-state index >= 15 is 0 Å². The molecule has 0 saturated heterocycles. The number of aromatic nitrogens is 2. The number of benzene rings is 1. The third-order valence-corrected chi connectivity index (χ3v) is 4.35. The van der Waals surface area contributed by atoms with Gasteiger partial charge in [0.1, 0.15) is 11.6 Å². The Morgan fingerprint density at radius 2 is 1.56 bits per heavy atom. The summed E-state index contributed by atoms with van der Waals surface area (Å²) < 4.78 is 18.5. The number of hydrogen-bond donors (Lipinski definition) is 0. The summed E-state index contributed by atoms with van der Waals surface area (Å²) in [7, 11) is 6.95. The van der Waals surface area contributed by atoms with Gasteiger partial charge in [-0.25, -0.2) is 4.98 Å². The van der Waals surface area contributed by atoms with E-state index in [4.69, 9.17) is 14.2 Å². The van der Waals surface area contributed by atoms with Gasteiger partial charge in [-0.1, -0.05) is 0 Å². The molecule has 1 heterocycles. The summed E-state index contributed by atoms with van der Waals surface area (Å²) >= 11 is 0. The van der Waals surface area contributed by atoms with Gasteiger partial charge in [-0.3, -0.25) is 4.90 Å². The Bertz CT molecular complexity index is 704. The van der Waals surface area contributed by atoms with Crippen LogP contribution in [-0.2, 0) is 20.1 Å². The highest BCUT2D eigenvalue weighted by atomic mass is 16.5. The maximum absolute atomic E-state index is 5.58. The molecule has 0 bridgehead atoms. The molecule has 0 amide bonds. The van der Waals surface area contributed by atoms with E-state index in [1.165, 1.54) is 0 Å². The molecule has 0 spiro atoms. The van der Waals surface area contributed by atoms with Crippen LogP contribution in [0.15, 0.2) is 24.5 Å². The van der Waals surface area contributed by atoms with Gasteiger partial charge in [-0.05, 0) is 26.8 Å². The van der Waals surface area contributed by atoms with Crippen molar-refractivity contribution < 1.29 is 14.2 Å².